The van der Waals surface area contributed by atoms with Gasteiger partial charge >= 0.3 is 0 Å². The van der Waals surface area contributed by atoms with Crippen LogP contribution in [-0.4, -0.2) is 4.98 Å². The summed E-state index contributed by atoms with van der Waals surface area (Å²) in [4.78, 5) is 7.72. The largest absolute Gasteiger partial charge is 0.310 e. The highest BCUT2D eigenvalue weighted by molar-refractivity contribution is 7.27. The summed E-state index contributed by atoms with van der Waals surface area (Å²) in [5.41, 5.74) is 10.3. The minimum Gasteiger partial charge on any atom is -0.310 e. The summed E-state index contributed by atoms with van der Waals surface area (Å²) in [7, 11) is 0. The molecule has 0 N–H and O–H groups in total. The van der Waals surface area contributed by atoms with Crippen LogP contribution in [0.4, 0.5) is 17.1 Å². The summed E-state index contributed by atoms with van der Waals surface area (Å²) >= 11 is 3.64. The average Bonchev–Trinajstić information content (AvgIpc) is 3.85. The first kappa shape index (κ1) is 31.9. The topological polar surface area (TPSA) is 16.1 Å². The SMILES string of the molecule is c1ccc(-c2ccc(N(c3ccc(-c4c5nc(-c6ccccc6)sc5cc5sc6ccccc6c45)cc3)c3ccc4c(ccc5ccccc54)c3)cc2)cc1. The number of hydrogen-bond acceptors (Lipinski definition) is 4. The van der Waals surface area contributed by atoms with Gasteiger partial charge < -0.3 is 4.90 Å². The molecule has 0 unspecified atom stereocenters. The molecule has 0 saturated heterocycles. The Morgan fingerprint density at radius 3 is 1.71 bits per heavy atom. The second kappa shape index (κ2) is 13.1. The second-order valence-corrected chi connectivity index (χ2v) is 16.1. The third kappa shape index (κ3) is 5.49. The van der Waals surface area contributed by atoms with E-state index in [-0.39, 0.29) is 0 Å². The van der Waals surface area contributed by atoms with Crippen LogP contribution in [0.15, 0.2) is 194 Å². The Kier molecular flexibility index (Phi) is 7.58. The fourth-order valence-electron chi connectivity index (χ4n) is 8.05. The Hall–Kier alpha value is -6.59. The van der Waals surface area contributed by atoms with Crippen LogP contribution < -0.4 is 4.90 Å². The van der Waals surface area contributed by atoms with Crippen LogP contribution >= 0.6 is 22.7 Å². The lowest BCUT2D eigenvalue weighted by Crippen LogP contribution is -2.09. The third-order valence-corrected chi connectivity index (χ3v) is 12.8. The van der Waals surface area contributed by atoms with Crippen molar-refractivity contribution in [1.29, 1.82) is 0 Å². The van der Waals surface area contributed by atoms with E-state index in [0.717, 1.165) is 38.7 Å². The molecule has 0 aliphatic rings. The Morgan fingerprint density at radius 1 is 0.364 bits per heavy atom. The van der Waals surface area contributed by atoms with Gasteiger partial charge in [-0.05, 0) is 86.8 Å². The van der Waals surface area contributed by atoms with E-state index in [4.69, 9.17) is 4.98 Å². The molecular formula is C51H32N2S2. The van der Waals surface area contributed by atoms with Crippen molar-refractivity contribution in [3.8, 4) is 32.8 Å². The van der Waals surface area contributed by atoms with E-state index in [1.165, 1.54) is 63.1 Å². The molecule has 2 aromatic heterocycles. The number of aromatic nitrogens is 1. The van der Waals surface area contributed by atoms with Crippen molar-refractivity contribution in [3.05, 3.63) is 194 Å². The molecule has 0 aliphatic heterocycles. The predicted octanol–water partition coefficient (Wildman–Crippen LogP) is 15.4. The number of thiazole rings is 1. The van der Waals surface area contributed by atoms with E-state index in [1.807, 2.05) is 11.3 Å². The van der Waals surface area contributed by atoms with Crippen LogP contribution in [0, 0.1) is 0 Å². The summed E-state index contributed by atoms with van der Waals surface area (Å²) in [6, 6.07) is 70.3. The molecule has 55 heavy (non-hydrogen) atoms. The van der Waals surface area contributed by atoms with Gasteiger partial charge in [0.2, 0.25) is 0 Å². The summed E-state index contributed by atoms with van der Waals surface area (Å²) in [5.74, 6) is 0. The molecule has 0 saturated carbocycles. The van der Waals surface area contributed by atoms with Crippen molar-refractivity contribution < 1.29 is 0 Å². The van der Waals surface area contributed by atoms with Gasteiger partial charge in [-0.3, -0.25) is 0 Å². The van der Waals surface area contributed by atoms with Crippen molar-refractivity contribution >= 4 is 91.7 Å². The van der Waals surface area contributed by atoms with Gasteiger partial charge in [-0.1, -0.05) is 146 Å². The molecule has 0 fully saturated rings. The Morgan fingerprint density at radius 2 is 0.945 bits per heavy atom. The number of nitrogens with zero attached hydrogens (tertiary/aromatic N) is 2. The molecule has 258 valence electrons. The van der Waals surface area contributed by atoms with E-state index in [0.29, 0.717) is 0 Å². The van der Waals surface area contributed by atoms with Gasteiger partial charge in [-0.15, -0.1) is 22.7 Å². The Balaban J connectivity index is 1.08. The first-order valence-electron chi connectivity index (χ1n) is 18.5. The van der Waals surface area contributed by atoms with Crippen molar-refractivity contribution in [2.24, 2.45) is 0 Å². The highest BCUT2D eigenvalue weighted by Crippen LogP contribution is 2.47. The fraction of sp³-hybridized carbons (Fsp3) is 0. The van der Waals surface area contributed by atoms with Crippen LogP contribution in [0.25, 0.3) is 84.8 Å². The van der Waals surface area contributed by atoms with E-state index in [2.05, 4.69) is 199 Å². The number of rotatable bonds is 6. The maximum Gasteiger partial charge on any atom is 0.124 e. The van der Waals surface area contributed by atoms with Crippen molar-refractivity contribution in [2.75, 3.05) is 4.90 Å². The van der Waals surface area contributed by atoms with Crippen molar-refractivity contribution in [1.82, 2.24) is 4.98 Å². The first-order chi connectivity index (χ1) is 27.2. The molecule has 0 radical (unpaired) electrons. The zero-order valence-electron chi connectivity index (χ0n) is 29.7. The predicted molar refractivity (Wildman–Crippen MR) is 239 cm³/mol. The average molecular weight is 737 g/mol. The van der Waals surface area contributed by atoms with Gasteiger partial charge in [-0.2, -0.15) is 0 Å². The lowest BCUT2D eigenvalue weighted by atomic mass is 9.97. The van der Waals surface area contributed by atoms with E-state index < -0.39 is 0 Å². The zero-order chi connectivity index (χ0) is 36.3. The molecule has 0 atom stereocenters. The molecular weight excluding hydrogens is 705 g/mol. The van der Waals surface area contributed by atoms with Crippen LogP contribution in [0.2, 0.25) is 0 Å². The first-order valence-corrected chi connectivity index (χ1v) is 20.2. The number of hydrogen-bond donors (Lipinski definition) is 0. The molecule has 0 amide bonds. The minimum atomic E-state index is 1.05. The number of benzene rings is 9. The van der Waals surface area contributed by atoms with Gasteiger partial charge in [-0.25, -0.2) is 4.98 Å². The summed E-state index contributed by atoms with van der Waals surface area (Å²) in [6.07, 6.45) is 0. The maximum absolute atomic E-state index is 5.34. The van der Waals surface area contributed by atoms with Gasteiger partial charge in [0.15, 0.2) is 0 Å². The molecule has 2 heterocycles. The van der Waals surface area contributed by atoms with Gasteiger partial charge in [0.25, 0.3) is 0 Å². The molecule has 0 spiro atoms. The smallest absolute Gasteiger partial charge is 0.124 e. The molecule has 4 heteroatoms. The van der Waals surface area contributed by atoms with Gasteiger partial charge in [0, 0.05) is 48.4 Å². The minimum absolute atomic E-state index is 1.05. The summed E-state index contributed by atoms with van der Waals surface area (Å²) < 4.78 is 3.80. The zero-order valence-corrected chi connectivity index (χ0v) is 31.3. The van der Waals surface area contributed by atoms with E-state index >= 15 is 0 Å². The Bertz CT molecular complexity index is 3180. The standard InChI is InChI=1S/C51H32N2S2/c1-3-11-33(12-4-1)34-21-25-39(26-22-34)53(41-29-30-43-38(31-41)20-19-35-13-7-8-16-42(35)43)40-27-23-36(24-28-40)48-49-44-17-9-10-18-45(44)54-46(49)32-47-50(48)52-51(55-47)37-14-5-2-6-15-37/h1-32H. The molecule has 2 nitrogen and oxygen atoms in total. The normalized spacial score (nSPS) is 11.6. The maximum atomic E-state index is 5.34. The van der Waals surface area contributed by atoms with Crippen LogP contribution in [0.1, 0.15) is 0 Å². The molecule has 9 aromatic carbocycles. The quantitative estimate of drug-likeness (QED) is 0.158. The van der Waals surface area contributed by atoms with E-state index in [9.17, 15) is 0 Å². The lowest BCUT2D eigenvalue weighted by Gasteiger charge is -2.26. The number of fused-ring (bicyclic) bond motifs is 7. The third-order valence-electron chi connectivity index (χ3n) is 10.7. The summed E-state index contributed by atoms with van der Waals surface area (Å²) in [5, 5.41) is 8.61. The van der Waals surface area contributed by atoms with Gasteiger partial charge in [0.05, 0.1) is 10.2 Å². The highest BCUT2D eigenvalue weighted by atomic mass is 32.1. The monoisotopic (exact) mass is 736 g/mol. The number of anilines is 3. The molecule has 11 rings (SSSR count). The molecule has 0 aliphatic carbocycles. The number of thiophene rings is 1. The van der Waals surface area contributed by atoms with Crippen LogP contribution in [-0.2, 0) is 0 Å². The van der Waals surface area contributed by atoms with Crippen molar-refractivity contribution in [3.63, 3.8) is 0 Å². The summed E-state index contributed by atoms with van der Waals surface area (Å²) in [6.45, 7) is 0. The molecule has 11 aromatic rings. The van der Waals surface area contributed by atoms with Gasteiger partial charge in [0.1, 0.15) is 5.01 Å². The second-order valence-electron chi connectivity index (χ2n) is 13.9. The van der Waals surface area contributed by atoms with E-state index in [1.54, 1.807) is 11.3 Å². The fourth-order valence-corrected chi connectivity index (χ4v) is 10.3. The lowest BCUT2D eigenvalue weighted by molar-refractivity contribution is 1.29. The highest BCUT2D eigenvalue weighted by Gasteiger charge is 2.20. The van der Waals surface area contributed by atoms with Crippen molar-refractivity contribution in [2.45, 2.75) is 0 Å². The molecule has 0 bridgehead atoms. The Labute approximate surface area is 326 Å². The van der Waals surface area contributed by atoms with Crippen LogP contribution in [0.5, 0.6) is 0 Å². The van der Waals surface area contributed by atoms with Crippen LogP contribution in [0.3, 0.4) is 0 Å².